The van der Waals surface area contributed by atoms with Gasteiger partial charge in [-0.2, -0.15) is 0 Å². The number of aliphatic hydroxyl groups is 10. The number of methoxy groups -OCH3 is 3. The van der Waals surface area contributed by atoms with Gasteiger partial charge in [0.15, 0.2) is 37.6 Å². The number of carbonyl (C=O) groups is 1. The maximum Gasteiger partial charge on any atom is 0.303 e. The van der Waals surface area contributed by atoms with Crippen molar-refractivity contribution in [1.29, 1.82) is 0 Å². The fraction of sp³-hybridized carbons (Fsp3) is 0.946. The largest absolute Gasteiger partial charge is 0.454 e. The third-order valence-electron chi connectivity index (χ3n) is 20.4. The van der Waals surface area contributed by atoms with Crippen molar-refractivity contribution in [1.82, 2.24) is 0 Å². The SMILES string of the molecule is CO[C@@H]1[C@@H](O)[C@@H](C)O[C@@H](O[C@@H]2[C@@H](C)O[C@H](O[C@@H]3CC[C@@]4(C)C(=CC[C@H]5[C@@H]4CC[C@@]4(C)[C@H]5CC[C@]4(O)[C@H](C)O[C@H]4O[C@H](C)[C@@H](O)[C@@H](OC)[C@H]4O[C@@H]4O[C@@H](CO[C@@H]5O[C@H](CO)[C@@H](O)[C@H](O)[C@H]5O)[C@H](O)[C@@H](O)[C@@H]4O)C3)C[C@H]2OC)[C@H]1OC(C)=O. The second kappa shape index (κ2) is 25.6. The molecule has 32 atom stereocenters. The number of allylic oxidation sites excluding steroid dienone is 1. The molecule has 9 rings (SSSR count). The molecule has 25 nitrogen and oxygen atoms in total. The van der Waals surface area contributed by atoms with Gasteiger partial charge < -0.3 is 117 Å². The highest BCUT2D eigenvalue weighted by Gasteiger charge is 2.66. The van der Waals surface area contributed by atoms with Crippen LogP contribution in [0.4, 0.5) is 0 Å². The zero-order valence-corrected chi connectivity index (χ0v) is 48.2. The third kappa shape index (κ3) is 11.9. The molecule has 4 aliphatic carbocycles. The minimum atomic E-state index is -1.86. The predicted octanol–water partition coefficient (Wildman–Crippen LogP) is -0.812. The first-order valence-corrected chi connectivity index (χ1v) is 29.1. The maximum atomic E-state index is 13.1. The van der Waals surface area contributed by atoms with Crippen molar-refractivity contribution in [3.05, 3.63) is 11.6 Å². The molecule has 0 radical (unpaired) electrons. The number of fused-ring (bicyclic) bond motifs is 5. The molecule has 0 bridgehead atoms. The van der Waals surface area contributed by atoms with Gasteiger partial charge >= 0.3 is 5.97 Å². The number of ether oxygens (including phenoxy) is 14. The molecule has 466 valence electrons. The van der Waals surface area contributed by atoms with E-state index in [9.17, 15) is 55.9 Å². The van der Waals surface area contributed by atoms with E-state index < -0.39 is 184 Å². The van der Waals surface area contributed by atoms with Gasteiger partial charge in [0.1, 0.15) is 85.5 Å². The number of rotatable bonds is 17. The lowest BCUT2D eigenvalue weighted by molar-refractivity contribution is -0.380. The van der Waals surface area contributed by atoms with Crippen LogP contribution in [0.15, 0.2) is 11.6 Å². The van der Waals surface area contributed by atoms with Crippen molar-refractivity contribution < 1.29 is 122 Å². The smallest absolute Gasteiger partial charge is 0.303 e. The highest BCUT2D eigenvalue weighted by molar-refractivity contribution is 5.66. The highest BCUT2D eigenvalue weighted by atomic mass is 16.8. The lowest BCUT2D eigenvalue weighted by Crippen LogP contribution is -2.66. The first kappa shape index (κ1) is 63.8. The molecular formula is C56H92O25. The van der Waals surface area contributed by atoms with Crippen LogP contribution in [0, 0.1) is 28.6 Å². The Bertz CT molecular complexity index is 2130. The molecule has 0 aromatic rings. The monoisotopic (exact) mass is 1160 g/mol. The zero-order chi connectivity index (χ0) is 58.8. The number of carbonyl (C=O) groups excluding carboxylic acids is 1. The summed E-state index contributed by atoms with van der Waals surface area (Å²) in [6.07, 6.45) is -21.4. The predicted molar refractivity (Wildman–Crippen MR) is 276 cm³/mol. The van der Waals surface area contributed by atoms with Crippen molar-refractivity contribution in [2.24, 2.45) is 28.6 Å². The zero-order valence-electron chi connectivity index (χ0n) is 48.2. The van der Waals surface area contributed by atoms with Crippen molar-refractivity contribution in [2.75, 3.05) is 34.5 Å². The summed E-state index contributed by atoms with van der Waals surface area (Å²) in [5.41, 5.74) is -0.626. The number of aliphatic hydroxyl groups excluding tert-OH is 9. The van der Waals surface area contributed by atoms with Crippen LogP contribution in [-0.4, -0.2) is 257 Å². The van der Waals surface area contributed by atoms with Crippen LogP contribution >= 0.6 is 0 Å². The van der Waals surface area contributed by atoms with Crippen molar-refractivity contribution in [3.63, 3.8) is 0 Å². The second-order valence-electron chi connectivity index (χ2n) is 24.9. The summed E-state index contributed by atoms with van der Waals surface area (Å²) in [7, 11) is 4.39. The molecule has 0 aromatic carbocycles. The topological polar surface area (TPSA) is 349 Å². The lowest BCUT2D eigenvalue weighted by Gasteiger charge is -2.60. The number of esters is 1. The maximum absolute atomic E-state index is 13.1. The van der Waals surface area contributed by atoms with Crippen LogP contribution in [0.3, 0.4) is 0 Å². The Labute approximate surface area is 473 Å². The molecule has 0 amide bonds. The van der Waals surface area contributed by atoms with Crippen molar-refractivity contribution >= 4 is 5.97 Å². The fourth-order valence-electron chi connectivity index (χ4n) is 15.6. The molecule has 5 aliphatic heterocycles. The van der Waals surface area contributed by atoms with Crippen LogP contribution in [0.25, 0.3) is 0 Å². The van der Waals surface area contributed by atoms with Gasteiger partial charge in [0.25, 0.3) is 0 Å². The van der Waals surface area contributed by atoms with Crippen LogP contribution in [0.2, 0.25) is 0 Å². The van der Waals surface area contributed by atoms with E-state index in [0.29, 0.717) is 18.8 Å². The molecule has 5 heterocycles. The van der Waals surface area contributed by atoms with E-state index in [4.69, 9.17) is 66.3 Å². The summed E-state index contributed by atoms with van der Waals surface area (Å²) in [5.74, 6) is 0.235. The van der Waals surface area contributed by atoms with E-state index in [-0.39, 0.29) is 23.4 Å². The molecule has 9 aliphatic rings. The number of hydrogen-bond donors (Lipinski definition) is 10. The first-order chi connectivity index (χ1) is 38.3. The first-order valence-electron chi connectivity index (χ1n) is 29.1. The summed E-state index contributed by atoms with van der Waals surface area (Å²) in [5, 5.41) is 109. The van der Waals surface area contributed by atoms with E-state index in [1.165, 1.54) is 26.7 Å². The third-order valence-corrected chi connectivity index (χ3v) is 20.4. The molecule has 81 heavy (non-hydrogen) atoms. The fourth-order valence-corrected chi connectivity index (χ4v) is 15.6. The lowest BCUT2D eigenvalue weighted by atomic mass is 9.46. The molecular weight excluding hydrogens is 1070 g/mol. The van der Waals surface area contributed by atoms with Crippen LogP contribution < -0.4 is 0 Å². The van der Waals surface area contributed by atoms with Crippen LogP contribution in [0.1, 0.15) is 106 Å². The second-order valence-corrected chi connectivity index (χ2v) is 24.9. The molecule has 0 unspecified atom stereocenters. The molecule has 8 fully saturated rings. The van der Waals surface area contributed by atoms with E-state index in [1.54, 1.807) is 27.9 Å². The average Bonchev–Trinajstić information content (AvgIpc) is 4.02. The Kier molecular flexibility index (Phi) is 20.1. The minimum Gasteiger partial charge on any atom is -0.454 e. The van der Waals surface area contributed by atoms with E-state index in [1.807, 2.05) is 6.92 Å². The Morgan fingerprint density at radius 3 is 1.89 bits per heavy atom. The molecule has 5 saturated heterocycles. The summed E-state index contributed by atoms with van der Waals surface area (Å²) < 4.78 is 84.9. The molecule has 3 saturated carbocycles. The summed E-state index contributed by atoms with van der Waals surface area (Å²) in [6.45, 7) is 11.5. The Balaban J connectivity index is 0.832. The highest BCUT2D eigenvalue weighted by Crippen LogP contribution is 2.68. The molecule has 0 aromatic heterocycles. The van der Waals surface area contributed by atoms with E-state index >= 15 is 0 Å². The van der Waals surface area contributed by atoms with Gasteiger partial charge in [-0.3, -0.25) is 4.79 Å². The average molecular weight is 1170 g/mol. The van der Waals surface area contributed by atoms with Crippen molar-refractivity contribution in [3.8, 4) is 0 Å². The minimum absolute atomic E-state index is 0.0853. The molecule has 0 spiro atoms. The standard InChI is InChI=1S/C56H92O25/c1-23-38(60)47(70-10)49(81-51-44(66)42(64)40(62)35(79-51)22-71-50-43(65)41(63)39(61)34(21-57)78-50)52(73-23)75-26(4)56(67)18-15-32-30-12-11-28-19-29(13-16-54(28,6)31(30)14-17-55(32,56)7)77-36-20-33(68-8)45(25(3)72-36)80-53-48(76-27(5)58)46(69-9)37(59)24(2)74-53/h11,23-26,29-53,57,59-67H,12-22H2,1-10H3/t23-,24-,25-,26+,29-,30+,31+,32+,33-,34-,35+,36-,37+,38-,39-,40+,41+,42-,43-,44+,45-,46-,47-,48+,49-,50-,51+,52-,53+,54+,55+,56+/m1/s1. The summed E-state index contributed by atoms with van der Waals surface area (Å²) >= 11 is 0. The normalized spacial score (nSPS) is 52.5. The molecule has 25 heteroatoms. The van der Waals surface area contributed by atoms with Gasteiger partial charge in [0.05, 0.1) is 55.4 Å². The van der Waals surface area contributed by atoms with E-state index in [2.05, 4.69) is 19.9 Å². The van der Waals surface area contributed by atoms with E-state index in [0.717, 1.165) is 44.9 Å². The van der Waals surface area contributed by atoms with Gasteiger partial charge in [-0.1, -0.05) is 25.5 Å². The van der Waals surface area contributed by atoms with Crippen LogP contribution in [-0.2, 0) is 71.1 Å². The molecule has 10 N–H and O–H groups in total. The Morgan fingerprint density at radius 2 is 1.25 bits per heavy atom. The van der Waals surface area contributed by atoms with Gasteiger partial charge in [-0.05, 0) is 102 Å². The Hall–Kier alpha value is -1.71. The van der Waals surface area contributed by atoms with Crippen LogP contribution in [0.5, 0.6) is 0 Å². The quantitative estimate of drug-likeness (QED) is 0.0629. The van der Waals surface area contributed by atoms with Gasteiger partial charge in [0, 0.05) is 40.1 Å². The summed E-state index contributed by atoms with van der Waals surface area (Å²) in [4.78, 5) is 12.1. The van der Waals surface area contributed by atoms with Gasteiger partial charge in [0.2, 0.25) is 0 Å². The summed E-state index contributed by atoms with van der Waals surface area (Å²) in [6, 6.07) is 0. The van der Waals surface area contributed by atoms with Gasteiger partial charge in [-0.15, -0.1) is 0 Å². The van der Waals surface area contributed by atoms with Crippen molar-refractivity contribution in [2.45, 2.75) is 271 Å². The number of hydrogen-bond acceptors (Lipinski definition) is 25. The van der Waals surface area contributed by atoms with Gasteiger partial charge in [-0.25, -0.2) is 0 Å². The Morgan fingerprint density at radius 1 is 0.642 bits per heavy atom.